The minimum Gasteiger partial charge on any atom is -0.288 e. The standard InChI is InChI=1S/C26H6F12N2O2/c27-23(28,29)11-1-9(2-12(5-11)24(30,31)32)17-15(7-39)19-20(21(17)41)16(8-40)18(22(19)42)10-3-13(25(33,34)35)6-14(4-10)26(36,37)38/h1-6H. The van der Waals surface area contributed by atoms with Gasteiger partial charge in [-0.15, -0.1) is 0 Å². The molecule has 4 nitrogen and oxygen atoms in total. The highest BCUT2D eigenvalue weighted by Crippen LogP contribution is 2.41. The lowest BCUT2D eigenvalue weighted by Gasteiger charge is -2.14. The summed E-state index contributed by atoms with van der Waals surface area (Å²) in [5.74, 6) is 0. The van der Waals surface area contributed by atoms with Crippen LogP contribution < -0.4 is 10.9 Å². The number of nitrogens with zero attached hydrogens (tertiary/aromatic N) is 2. The van der Waals surface area contributed by atoms with Crippen LogP contribution in [0.4, 0.5) is 52.7 Å². The van der Waals surface area contributed by atoms with Crippen LogP contribution in [0.1, 0.15) is 33.4 Å². The first kappa shape index (κ1) is 30.1. The van der Waals surface area contributed by atoms with Gasteiger partial charge in [0.2, 0.25) is 0 Å². The first-order valence-electron chi connectivity index (χ1n) is 10.8. The van der Waals surface area contributed by atoms with Gasteiger partial charge in [-0.2, -0.15) is 63.2 Å². The summed E-state index contributed by atoms with van der Waals surface area (Å²) in [4.78, 5) is 26.6. The van der Waals surface area contributed by atoms with E-state index in [1.807, 2.05) is 0 Å². The van der Waals surface area contributed by atoms with Crippen molar-refractivity contribution >= 4 is 0 Å². The van der Waals surface area contributed by atoms with Crippen molar-refractivity contribution in [2.75, 3.05) is 0 Å². The highest BCUT2D eigenvalue weighted by Gasteiger charge is 2.40. The van der Waals surface area contributed by atoms with Crippen LogP contribution in [0, 0.1) is 33.1 Å². The quantitative estimate of drug-likeness (QED) is 0.227. The number of alkyl halides is 12. The molecule has 2 aromatic carbocycles. The van der Waals surface area contributed by atoms with Gasteiger partial charge in [0.15, 0.2) is 10.9 Å². The highest BCUT2D eigenvalue weighted by atomic mass is 19.4. The van der Waals surface area contributed by atoms with E-state index in [4.69, 9.17) is 0 Å². The van der Waals surface area contributed by atoms with E-state index in [9.17, 15) is 72.8 Å². The van der Waals surface area contributed by atoms with Gasteiger partial charge in [0.1, 0.15) is 12.1 Å². The fraction of sp³-hybridized carbons (Fsp3) is 0.154. The molecule has 0 atom stereocenters. The van der Waals surface area contributed by atoms with Gasteiger partial charge in [0.25, 0.3) is 0 Å². The van der Waals surface area contributed by atoms with Crippen molar-refractivity contribution in [1.29, 1.82) is 10.5 Å². The Labute approximate surface area is 223 Å². The molecule has 42 heavy (non-hydrogen) atoms. The zero-order chi connectivity index (χ0) is 31.7. The predicted octanol–water partition coefficient (Wildman–Crippen LogP) is 7.16. The molecule has 0 heterocycles. The van der Waals surface area contributed by atoms with Gasteiger partial charge in [-0.25, -0.2) is 0 Å². The maximum atomic E-state index is 13.4. The summed E-state index contributed by atoms with van der Waals surface area (Å²) in [5.41, 5.74) is -17.6. The van der Waals surface area contributed by atoms with Gasteiger partial charge in [-0.3, -0.25) is 9.59 Å². The molecule has 0 amide bonds. The summed E-state index contributed by atoms with van der Waals surface area (Å²) < 4.78 is 160. The Hall–Kier alpha value is -4.86. The smallest absolute Gasteiger partial charge is 0.288 e. The average molecular weight is 606 g/mol. The summed E-state index contributed by atoms with van der Waals surface area (Å²) in [6, 6.07) is 2.27. The molecule has 2 aromatic rings. The summed E-state index contributed by atoms with van der Waals surface area (Å²) in [5, 5.41) is 17.2. The molecule has 0 saturated carbocycles. The fourth-order valence-electron chi connectivity index (χ4n) is 4.40. The number of benzene rings is 2. The van der Waals surface area contributed by atoms with Crippen molar-refractivity contribution in [2.24, 2.45) is 0 Å². The maximum absolute atomic E-state index is 13.4. The van der Waals surface area contributed by atoms with E-state index in [-0.39, 0.29) is 36.4 Å². The summed E-state index contributed by atoms with van der Waals surface area (Å²) in [6.45, 7) is 0. The van der Waals surface area contributed by atoms with E-state index in [1.54, 1.807) is 0 Å². The van der Waals surface area contributed by atoms with E-state index in [2.05, 4.69) is 0 Å². The number of hydrogen-bond acceptors (Lipinski definition) is 4. The Balaban J connectivity index is 2.15. The van der Waals surface area contributed by atoms with Gasteiger partial charge < -0.3 is 0 Å². The van der Waals surface area contributed by atoms with Crippen molar-refractivity contribution in [2.45, 2.75) is 24.7 Å². The molecule has 0 radical (unpaired) electrons. The molecule has 0 unspecified atom stereocenters. The molecule has 0 N–H and O–H groups in total. The molecule has 2 aliphatic rings. The normalized spacial score (nSPS) is 12.9. The van der Waals surface area contributed by atoms with Crippen LogP contribution in [0.15, 0.2) is 46.0 Å². The fourth-order valence-corrected chi connectivity index (χ4v) is 4.40. The SMILES string of the molecule is N#Cc1c(-c2cc(C(F)(F)F)cc(C(F)(F)F)c2)c(=O)c2c(C#N)c(-c3cc(C(F)(F)F)cc(C(F)(F)F)c3)c(=O)c1=2. The van der Waals surface area contributed by atoms with Crippen LogP contribution in [-0.4, -0.2) is 0 Å². The van der Waals surface area contributed by atoms with Crippen LogP contribution >= 0.6 is 0 Å². The molecule has 2 aliphatic carbocycles. The summed E-state index contributed by atoms with van der Waals surface area (Å²) >= 11 is 0. The van der Waals surface area contributed by atoms with Crippen LogP contribution in [0.3, 0.4) is 0 Å². The van der Waals surface area contributed by atoms with Crippen LogP contribution in [0.2, 0.25) is 0 Å². The van der Waals surface area contributed by atoms with E-state index >= 15 is 0 Å². The Morgan fingerprint density at radius 1 is 0.452 bits per heavy atom. The molecule has 0 aromatic heterocycles. The number of nitriles is 2. The Morgan fingerprint density at radius 3 is 0.881 bits per heavy atom. The van der Waals surface area contributed by atoms with Gasteiger partial charge in [0.05, 0.1) is 43.8 Å². The number of rotatable bonds is 2. The third-order valence-corrected chi connectivity index (χ3v) is 6.13. The first-order chi connectivity index (χ1) is 19.1. The topological polar surface area (TPSA) is 81.7 Å². The Morgan fingerprint density at radius 2 is 0.690 bits per heavy atom. The lowest BCUT2D eigenvalue weighted by molar-refractivity contribution is -0.144. The second-order valence-electron chi connectivity index (χ2n) is 8.72. The minimum atomic E-state index is -5.39. The lowest BCUT2D eigenvalue weighted by Crippen LogP contribution is -2.13. The lowest BCUT2D eigenvalue weighted by atomic mass is 9.95. The molecule has 0 fully saturated rings. The summed E-state index contributed by atoms with van der Waals surface area (Å²) in [7, 11) is 0. The molecule has 0 saturated heterocycles. The highest BCUT2D eigenvalue weighted by molar-refractivity contribution is 5.80. The Kier molecular flexibility index (Phi) is 6.69. The zero-order valence-electron chi connectivity index (χ0n) is 19.7. The van der Waals surface area contributed by atoms with E-state index in [0.29, 0.717) is 0 Å². The third kappa shape index (κ3) is 4.93. The number of hydrogen-bond donors (Lipinski definition) is 0. The maximum Gasteiger partial charge on any atom is 0.416 e. The third-order valence-electron chi connectivity index (χ3n) is 6.13. The molecule has 216 valence electrons. The zero-order valence-corrected chi connectivity index (χ0v) is 19.7. The second kappa shape index (κ2) is 9.34. The van der Waals surface area contributed by atoms with Gasteiger partial charge in [-0.05, 0) is 47.5 Å². The molecule has 16 heteroatoms. The molecular weight excluding hydrogens is 600 g/mol. The molecule has 0 spiro atoms. The van der Waals surface area contributed by atoms with E-state index in [0.717, 1.165) is 0 Å². The van der Waals surface area contributed by atoms with Gasteiger partial charge in [-0.1, -0.05) is 0 Å². The predicted molar refractivity (Wildman–Crippen MR) is 117 cm³/mol. The van der Waals surface area contributed by atoms with Gasteiger partial charge >= 0.3 is 24.7 Å². The van der Waals surface area contributed by atoms with Crippen LogP contribution in [-0.2, 0) is 24.7 Å². The molecule has 0 bridgehead atoms. The van der Waals surface area contributed by atoms with Crippen molar-refractivity contribution < 1.29 is 52.7 Å². The van der Waals surface area contributed by atoms with E-state index < -0.39 is 102 Å². The monoisotopic (exact) mass is 606 g/mol. The van der Waals surface area contributed by atoms with Crippen LogP contribution in [0.5, 0.6) is 0 Å². The van der Waals surface area contributed by atoms with Crippen molar-refractivity contribution in [3.05, 3.63) is 101 Å². The molecular formula is C26H6F12N2O2. The van der Waals surface area contributed by atoms with Crippen LogP contribution in [0.25, 0.3) is 22.3 Å². The molecule has 0 aliphatic heterocycles. The minimum absolute atomic E-state index is 0.0749. The van der Waals surface area contributed by atoms with Crippen molar-refractivity contribution in [3.63, 3.8) is 0 Å². The Bertz CT molecular complexity index is 1780. The van der Waals surface area contributed by atoms with Gasteiger partial charge in [0, 0.05) is 11.1 Å². The molecule has 4 rings (SSSR count). The largest absolute Gasteiger partial charge is 0.416 e. The number of halogens is 12. The van der Waals surface area contributed by atoms with Crippen molar-refractivity contribution in [3.8, 4) is 34.4 Å². The summed E-state index contributed by atoms with van der Waals surface area (Å²) in [6.07, 6.45) is -21.5. The average Bonchev–Trinajstić information content (AvgIpc) is 3.32. The first-order valence-corrected chi connectivity index (χ1v) is 10.8. The van der Waals surface area contributed by atoms with Crippen molar-refractivity contribution in [1.82, 2.24) is 0 Å². The van der Waals surface area contributed by atoms with E-state index in [1.165, 1.54) is 12.1 Å². The second-order valence-corrected chi connectivity index (χ2v) is 8.72.